The quantitative estimate of drug-likeness (QED) is 0.467. The molecule has 0 unspecified atom stereocenters. The van der Waals surface area contributed by atoms with E-state index in [0.29, 0.717) is 16.9 Å². The fraction of sp³-hybridized carbons (Fsp3) is 0.0526. The molecule has 0 spiro atoms. The highest BCUT2D eigenvalue weighted by Gasteiger charge is 2.08. The van der Waals surface area contributed by atoms with Gasteiger partial charge in [0.05, 0.1) is 5.69 Å². The summed E-state index contributed by atoms with van der Waals surface area (Å²) < 4.78 is 16.0. The van der Waals surface area contributed by atoms with Crippen molar-refractivity contribution in [3.05, 3.63) is 87.2 Å². The molecular formula is C19H15BrFN3OS. The van der Waals surface area contributed by atoms with Crippen LogP contribution in [0.25, 0.3) is 11.3 Å². The molecule has 0 aliphatic carbocycles. The maximum atomic E-state index is 13.2. The third-order valence-electron chi connectivity index (χ3n) is 3.61. The molecule has 1 N–H and O–H groups in total. The molecule has 4 nitrogen and oxygen atoms in total. The van der Waals surface area contributed by atoms with Crippen LogP contribution in [-0.4, -0.2) is 10.5 Å². The van der Waals surface area contributed by atoms with Gasteiger partial charge in [-0.3, -0.25) is 4.79 Å². The zero-order valence-corrected chi connectivity index (χ0v) is 16.1. The Kier molecular flexibility index (Phi) is 5.80. The fourth-order valence-corrected chi connectivity index (χ4v) is 3.48. The summed E-state index contributed by atoms with van der Waals surface area (Å²) >= 11 is 4.72. The Bertz CT molecular complexity index is 991. The normalized spacial score (nSPS) is 11.4. The molecule has 26 heavy (non-hydrogen) atoms. The van der Waals surface area contributed by atoms with Gasteiger partial charge in [0.2, 0.25) is 4.80 Å². The summed E-state index contributed by atoms with van der Waals surface area (Å²) in [6.07, 6.45) is 1.75. The second-order valence-electron chi connectivity index (χ2n) is 5.37. The van der Waals surface area contributed by atoms with Crippen LogP contribution in [0.3, 0.4) is 0 Å². The van der Waals surface area contributed by atoms with E-state index in [2.05, 4.69) is 33.0 Å². The van der Waals surface area contributed by atoms with Crippen LogP contribution in [0, 0.1) is 5.82 Å². The molecule has 0 saturated carbocycles. The van der Waals surface area contributed by atoms with Gasteiger partial charge in [0.1, 0.15) is 5.82 Å². The minimum atomic E-state index is -0.292. The van der Waals surface area contributed by atoms with Crippen molar-refractivity contribution < 1.29 is 9.18 Å². The topological polar surface area (TPSA) is 46.4 Å². The highest BCUT2D eigenvalue weighted by molar-refractivity contribution is 9.10. The first-order valence-corrected chi connectivity index (χ1v) is 9.40. The maximum Gasteiger partial charge on any atom is 0.271 e. The summed E-state index contributed by atoms with van der Waals surface area (Å²) in [6, 6.07) is 13.3. The number of amides is 1. The summed E-state index contributed by atoms with van der Waals surface area (Å²) in [5.74, 6) is -0.578. The first-order valence-electron chi connectivity index (χ1n) is 7.73. The summed E-state index contributed by atoms with van der Waals surface area (Å²) in [7, 11) is 0. The molecule has 1 amide bonds. The van der Waals surface area contributed by atoms with Gasteiger partial charge in [-0.15, -0.1) is 23.0 Å². The number of hydrogen-bond donors (Lipinski definition) is 1. The Morgan fingerprint density at radius 1 is 1.23 bits per heavy atom. The number of hydrogen-bond acceptors (Lipinski definition) is 3. The van der Waals surface area contributed by atoms with E-state index >= 15 is 0 Å². The van der Waals surface area contributed by atoms with Gasteiger partial charge in [-0.2, -0.15) is 0 Å². The lowest BCUT2D eigenvalue weighted by atomic mass is 10.2. The number of thiazole rings is 1. The highest BCUT2D eigenvalue weighted by Crippen LogP contribution is 2.20. The lowest BCUT2D eigenvalue weighted by Crippen LogP contribution is -2.24. The minimum Gasteiger partial charge on any atom is -0.311 e. The van der Waals surface area contributed by atoms with Gasteiger partial charge in [-0.05, 0) is 54.1 Å². The van der Waals surface area contributed by atoms with Crippen molar-refractivity contribution in [3.8, 4) is 11.3 Å². The van der Waals surface area contributed by atoms with Gasteiger partial charge in [0.25, 0.3) is 5.91 Å². The summed E-state index contributed by atoms with van der Waals surface area (Å²) in [5, 5.41) is 6.15. The number of nitrogens with one attached hydrogen (secondary N) is 1. The zero-order chi connectivity index (χ0) is 18.5. The predicted molar refractivity (Wildman–Crippen MR) is 105 cm³/mol. The van der Waals surface area contributed by atoms with E-state index in [-0.39, 0.29) is 11.7 Å². The van der Waals surface area contributed by atoms with Crippen LogP contribution in [0.5, 0.6) is 0 Å². The zero-order valence-electron chi connectivity index (χ0n) is 13.7. The monoisotopic (exact) mass is 431 g/mol. The molecule has 0 bridgehead atoms. The Labute approximate surface area is 162 Å². The smallest absolute Gasteiger partial charge is 0.271 e. The van der Waals surface area contributed by atoms with Crippen molar-refractivity contribution in [1.82, 2.24) is 9.99 Å². The number of halogens is 2. The van der Waals surface area contributed by atoms with Crippen molar-refractivity contribution in [3.63, 3.8) is 0 Å². The lowest BCUT2D eigenvalue weighted by Gasteiger charge is -2.06. The molecule has 7 heteroatoms. The predicted octanol–water partition coefficient (Wildman–Crippen LogP) is 4.55. The van der Waals surface area contributed by atoms with Crippen molar-refractivity contribution in [2.24, 2.45) is 5.10 Å². The number of allylic oxidation sites excluding steroid dienone is 1. The van der Waals surface area contributed by atoms with Gasteiger partial charge in [0.15, 0.2) is 0 Å². The Hall–Kier alpha value is -2.51. The van der Waals surface area contributed by atoms with E-state index in [1.165, 1.54) is 23.5 Å². The average Bonchev–Trinajstić information content (AvgIpc) is 3.04. The molecule has 3 rings (SSSR count). The number of aromatic nitrogens is 1. The molecule has 0 fully saturated rings. The van der Waals surface area contributed by atoms with Gasteiger partial charge >= 0.3 is 0 Å². The number of benzene rings is 2. The molecule has 1 aromatic heterocycles. The molecular weight excluding hydrogens is 417 g/mol. The van der Waals surface area contributed by atoms with Crippen LogP contribution in [0.2, 0.25) is 0 Å². The van der Waals surface area contributed by atoms with E-state index in [0.717, 1.165) is 15.7 Å². The van der Waals surface area contributed by atoms with Crippen molar-refractivity contribution >= 4 is 33.2 Å². The van der Waals surface area contributed by atoms with Crippen LogP contribution in [0.15, 0.2) is 76.1 Å². The second kappa shape index (κ2) is 8.25. The summed E-state index contributed by atoms with van der Waals surface area (Å²) in [5.41, 5.74) is 4.84. The standard InChI is InChI=1S/C19H15BrFN3OS/c1-2-11-24-17(13-5-9-16(21)10-6-13)12-26-19(24)23-22-18(25)14-3-7-15(20)8-4-14/h2-10,12H,1,11H2,(H,22,25). The lowest BCUT2D eigenvalue weighted by molar-refractivity contribution is 0.0953. The Morgan fingerprint density at radius 2 is 1.92 bits per heavy atom. The first kappa shape index (κ1) is 18.3. The van der Waals surface area contributed by atoms with Crippen LogP contribution < -0.4 is 10.2 Å². The highest BCUT2D eigenvalue weighted by atomic mass is 79.9. The Balaban J connectivity index is 1.90. The van der Waals surface area contributed by atoms with Crippen molar-refractivity contribution in [1.29, 1.82) is 0 Å². The SMILES string of the molecule is C=CCn1c(-c2ccc(F)cc2)csc1=NNC(=O)c1ccc(Br)cc1. The van der Waals surface area contributed by atoms with Crippen molar-refractivity contribution in [2.75, 3.05) is 0 Å². The van der Waals surface area contributed by atoms with Crippen LogP contribution in [-0.2, 0) is 6.54 Å². The van der Waals surface area contributed by atoms with Crippen LogP contribution >= 0.6 is 27.3 Å². The molecule has 2 aromatic carbocycles. The maximum absolute atomic E-state index is 13.2. The van der Waals surface area contributed by atoms with Gasteiger partial charge in [-0.1, -0.05) is 22.0 Å². The average molecular weight is 432 g/mol. The number of nitrogens with zero attached hydrogens (tertiary/aromatic N) is 2. The minimum absolute atomic E-state index is 0.286. The van der Waals surface area contributed by atoms with E-state index in [9.17, 15) is 9.18 Å². The molecule has 132 valence electrons. The summed E-state index contributed by atoms with van der Waals surface area (Å²) in [4.78, 5) is 12.8. The van der Waals surface area contributed by atoms with E-state index in [1.807, 2.05) is 9.95 Å². The molecule has 0 aliphatic rings. The molecule has 0 radical (unpaired) electrons. The van der Waals surface area contributed by atoms with Gasteiger partial charge in [0, 0.05) is 22.0 Å². The third-order valence-corrected chi connectivity index (χ3v) is 5.00. The molecule has 0 atom stereocenters. The fourth-order valence-electron chi connectivity index (χ4n) is 2.34. The third kappa shape index (κ3) is 4.17. The first-order chi connectivity index (χ1) is 12.6. The number of carbonyl (C=O) groups excluding carboxylic acids is 1. The van der Waals surface area contributed by atoms with Gasteiger partial charge in [-0.25, -0.2) is 9.82 Å². The molecule has 0 aliphatic heterocycles. The molecule has 1 heterocycles. The molecule has 3 aromatic rings. The van der Waals surface area contributed by atoms with Crippen molar-refractivity contribution in [2.45, 2.75) is 6.54 Å². The largest absolute Gasteiger partial charge is 0.311 e. The van der Waals surface area contributed by atoms with E-state index in [4.69, 9.17) is 0 Å². The van der Waals surface area contributed by atoms with Crippen LogP contribution in [0.4, 0.5) is 4.39 Å². The number of rotatable bonds is 5. The Morgan fingerprint density at radius 3 is 2.58 bits per heavy atom. The van der Waals surface area contributed by atoms with Gasteiger partial charge < -0.3 is 4.57 Å². The summed E-state index contributed by atoms with van der Waals surface area (Å²) in [6.45, 7) is 4.28. The number of carbonyl (C=O) groups is 1. The molecule has 0 saturated heterocycles. The van der Waals surface area contributed by atoms with E-state index < -0.39 is 0 Å². The second-order valence-corrected chi connectivity index (χ2v) is 7.12. The van der Waals surface area contributed by atoms with Crippen LogP contribution in [0.1, 0.15) is 10.4 Å². The van der Waals surface area contributed by atoms with E-state index in [1.54, 1.807) is 42.5 Å².